The summed E-state index contributed by atoms with van der Waals surface area (Å²) in [6, 6.07) is 7.30. The van der Waals surface area contributed by atoms with Crippen LogP contribution in [0.1, 0.15) is 52.7 Å². The zero-order chi connectivity index (χ0) is 14.9. The highest BCUT2D eigenvalue weighted by Crippen LogP contribution is 2.35. The fourth-order valence-corrected chi connectivity index (χ4v) is 5.61. The van der Waals surface area contributed by atoms with Gasteiger partial charge in [0.05, 0.1) is 9.52 Å². The number of hydrogen-bond acceptors (Lipinski definition) is 0. The zero-order valence-corrected chi connectivity index (χ0v) is 15.3. The number of benzene rings is 1. The highest BCUT2D eigenvalue weighted by molar-refractivity contribution is 6.61. The minimum absolute atomic E-state index is 0.317. The highest BCUT2D eigenvalue weighted by atomic mass is 28.2. The maximum atomic E-state index is 2.46. The Hall–Kier alpha value is -1.08. The van der Waals surface area contributed by atoms with Crippen LogP contribution in [0.4, 0.5) is 0 Å². The van der Waals surface area contributed by atoms with Crippen LogP contribution in [0.5, 0.6) is 0 Å². The van der Waals surface area contributed by atoms with E-state index < -0.39 is 0 Å². The molecule has 0 spiro atoms. The summed E-state index contributed by atoms with van der Waals surface area (Å²) < 4.78 is 0. The van der Waals surface area contributed by atoms with Crippen molar-refractivity contribution in [2.24, 2.45) is 5.92 Å². The fourth-order valence-electron chi connectivity index (χ4n) is 3.30. The third kappa shape index (κ3) is 2.83. The van der Waals surface area contributed by atoms with Crippen LogP contribution >= 0.6 is 0 Å². The number of allylic oxidation sites excluding steroid dienone is 4. The molecule has 0 nitrogen and oxygen atoms in total. The van der Waals surface area contributed by atoms with Crippen molar-refractivity contribution in [2.45, 2.75) is 54.4 Å². The van der Waals surface area contributed by atoms with Crippen molar-refractivity contribution in [1.29, 1.82) is 0 Å². The summed E-state index contributed by atoms with van der Waals surface area (Å²) in [6.45, 7) is 13.8. The van der Waals surface area contributed by atoms with Crippen LogP contribution in [0.3, 0.4) is 0 Å². The molecule has 108 valence electrons. The Morgan fingerprint density at radius 1 is 0.900 bits per heavy atom. The molecule has 0 aromatic heterocycles. The Morgan fingerprint density at radius 3 is 1.85 bits per heavy atom. The minimum Gasteiger partial charge on any atom is -0.0728 e. The SMILES string of the molecule is CCc1cc(CC)cc([SiH2]C2=C(C)C(C)=C(C)C2C)c1. The average Bonchev–Trinajstić information content (AvgIpc) is 2.64. The van der Waals surface area contributed by atoms with Crippen molar-refractivity contribution in [1.82, 2.24) is 0 Å². The molecule has 0 fully saturated rings. The van der Waals surface area contributed by atoms with Crippen molar-refractivity contribution in [3.05, 3.63) is 51.2 Å². The van der Waals surface area contributed by atoms with Crippen molar-refractivity contribution < 1.29 is 0 Å². The second-order valence-corrected chi connectivity index (χ2v) is 8.15. The van der Waals surface area contributed by atoms with Gasteiger partial charge in [-0.3, -0.25) is 0 Å². The van der Waals surface area contributed by atoms with Crippen molar-refractivity contribution in [3.63, 3.8) is 0 Å². The Morgan fingerprint density at radius 2 is 1.45 bits per heavy atom. The van der Waals surface area contributed by atoms with Crippen molar-refractivity contribution in [3.8, 4) is 0 Å². The molecule has 1 aliphatic rings. The first-order chi connectivity index (χ1) is 9.47. The second kappa shape index (κ2) is 6.13. The second-order valence-electron chi connectivity index (χ2n) is 6.22. The molecule has 1 aromatic carbocycles. The Kier molecular flexibility index (Phi) is 4.69. The van der Waals surface area contributed by atoms with Gasteiger partial charge in [-0.2, -0.15) is 0 Å². The third-order valence-electron chi connectivity index (χ3n) is 5.13. The Balaban J connectivity index is 2.32. The molecule has 1 aromatic rings. The molecule has 0 amide bonds. The Bertz CT molecular complexity index is 553. The number of rotatable bonds is 4. The van der Waals surface area contributed by atoms with Gasteiger partial charge in [-0.1, -0.05) is 60.5 Å². The van der Waals surface area contributed by atoms with E-state index in [2.05, 4.69) is 59.7 Å². The van der Waals surface area contributed by atoms with Crippen LogP contribution in [-0.4, -0.2) is 9.52 Å². The molecule has 1 unspecified atom stereocenters. The first-order valence-electron chi connectivity index (χ1n) is 7.97. The van der Waals surface area contributed by atoms with E-state index in [0.29, 0.717) is 5.92 Å². The molecule has 0 radical (unpaired) electrons. The highest BCUT2D eigenvalue weighted by Gasteiger charge is 2.23. The van der Waals surface area contributed by atoms with E-state index in [1.165, 1.54) is 11.1 Å². The molecule has 2 rings (SSSR count). The summed E-state index contributed by atoms with van der Waals surface area (Å²) in [5.41, 5.74) is 7.74. The molecule has 1 aliphatic carbocycles. The molecule has 1 heteroatoms. The van der Waals surface area contributed by atoms with Crippen molar-refractivity contribution in [2.75, 3.05) is 0 Å². The lowest BCUT2D eigenvalue weighted by Crippen LogP contribution is -2.21. The number of hydrogen-bond donors (Lipinski definition) is 0. The maximum Gasteiger partial charge on any atom is 0.0835 e. The maximum absolute atomic E-state index is 2.46. The predicted octanol–water partition coefficient (Wildman–Crippen LogP) is 3.87. The van der Waals surface area contributed by atoms with Gasteiger partial charge >= 0.3 is 0 Å². The summed E-state index contributed by atoms with van der Waals surface area (Å²) in [5, 5.41) is 3.39. The molecular formula is C19H28Si. The van der Waals surface area contributed by atoms with E-state index in [4.69, 9.17) is 0 Å². The largest absolute Gasteiger partial charge is 0.0835 e. The topological polar surface area (TPSA) is 0 Å². The fraction of sp³-hybridized carbons (Fsp3) is 0.474. The standard InChI is InChI=1S/C19H28Si/c1-7-16-9-17(8-2)11-18(10-16)20-19-14(5)12(3)13(4)15(19)6/h9-11,14H,7-8,20H2,1-6H3. The van der Waals surface area contributed by atoms with Gasteiger partial charge in [-0.05, 0) is 56.2 Å². The molecule has 0 heterocycles. The molecule has 20 heavy (non-hydrogen) atoms. The molecule has 0 saturated carbocycles. The molecule has 0 aliphatic heterocycles. The van der Waals surface area contributed by atoms with E-state index in [0.717, 1.165) is 12.8 Å². The lowest BCUT2D eigenvalue weighted by Gasteiger charge is -2.14. The normalized spacial score (nSPS) is 19.8. The Labute approximate surface area is 126 Å². The van der Waals surface area contributed by atoms with Gasteiger partial charge in [-0.25, -0.2) is 0 Å². The molecule has 0 bridgehead atoms. The lowest BCUT2D eigenvalue weighted by atomic mass is 10.1. The van der Waals surface area contributed by atoms with Crippen LogP contribution in [0.15, 0.2) is 40.1 Å². The van der Waals surface area contributed by atoms with E-state index in [1.807, 2.05) is 0 Å². The minimum atomic E-state index is -0.317. The van der Waals surface area contributed by atoms with Crippen LogP contribution in [0.25, 0.3) is 0 Å². The van der Waals surface area contributed by atoms with Gasteiger partial charge in [0.1, 0.15) is 0 Å². The van der Waals surface area contributed by atoms with Crippen LogP contribution in [0, 0.1) is 5.92 Å². The molecular weight excluding hydrogens is 256 g/mol. The summed E-state index contributed by atoms with van der Waals surface area (Å²) in [7, 11) is -0.317. The van der Waals surface area contributed by atoms with Gasteiger partial charge in [0.2, 0.25) is 0 Å². The summed E-state index contributed by atoms with van der Waals surface area (Å²) in [4.78, 5) is 0. The monoisotopic (exact) mass is 284 g/mol. The van der Waals surface area contributed by atoms with Gasteiger partial charge in [0.25, 0.3) is 0 Å². The molecule has 0 saturated heterocycles. The van der Waals surface area contributed by atoms with E-state index in [-0.39, 0.29) is 9.52 Å². The summed E-state index contributed by atoms with van der Waals surface area (Å²) in [6.07, 6.45) is 2.30. The lowest BCUT2D eigenvalue weighted by molar-refractivity contribution is 0.856. The van der Waals surface area contributed by atoms with Crippen molar-refractivity contribution >= 4 is 14.7 Å². The van der Waals surface area contributed by atoms with E-state index in [1.54, 1.807) is 27.1 Å². The average molecular weight is 285 g/mol. The first kappa shape index (κ1) is 15.3. The summed E-state index contributed by atoms with van der Waals surface area (Å²) in [5.74, 6) is 0.678. The van der Waals surface area contributed by atoms with Gasteiger partial charge in [0.15, 0.2) is 0 Å². The molecule has 0 N–H and O–H groups in total. The van der Waals surface area contributed by atoms with Gasteiger partial charge < -0.3 is 0 Å². The van der Waals surface area contributed by atoms with Gasteiger partial charge in [0, 0.05) is 0 Å². The zero-order valence-electron chi connectivity index (χ0n) is 13.9. The van der Waals surface area contributed by atoms with E-state index >= 15 is 0 Å². The molecule has 1 atom stereocenters. The van der Waals surface area contributed by atoms with Crippen LogP contribution < -0.4 is 5.19 Å². The predicted molar refractivity (Wildman–Crippen MR) is 93.6 cm³/mol. The third-order valence-corrected chi connectivity index (χ3v) is 7.47. The van der Waals surface area contributed by atoms with E-state index in [9.17, 15) is 0 Å². The smallest absolute Gasteiger partial charge is 0.0728 e. The number of aryl methyl sites for hydroxylation is 2. The summed E-state index contributed by atoms with van der Waals surface area (Å²) >= 11 is 0. The van der Waals surface area contributed by atoms with Crippen LogP contribution in [-0.2, 0) is 12.8 Å². The first-order valence-corrected chi connectivity index (χ1v) is 9.38. The van der Waals surface area contributed by atoms with Gasteiger partial charge in [-0.15, -0.1) is 0 Å². The van der Waals surface area contributed by atoms with Crippen LogP contribution in [0.2, 0.25) is 0 Å². The quantitative estimate of drug-likeness (QED) is 0.736.